The normalized spacial score (nSPS) is 16.8. The number of hydrogen-bond donors (Lipinski definition) is 2. The first kappa shape index (κ1) is 27.8. The lowest BCUT2D eigenvalue weighted by Gasteiger charge is -2.28. The molecule has 9 heteroatoms. The number of nitrogens with one attached hydrogen (secondary N) is 2. The minimum absolute atomic E-state index is 0.0535. The minimum atomic E-state index is -0.275. The van der Waals surface area contributed by atoms with Crippen LogP contribution in [0.4, 0.5) is 11.4 Å². The smallest absolute Gasteiger partial charge is 0.250 e. The van der Waals surface area contributed by atoms with Gasteiger partial charge in [-0.2, -0.15) is 0 Å². The second kappa shape index (κ2) is 11.4. The summed E-state index contributed by atoms with van der Waals surface area (Å²) in [6.45, 7) is 8.53. The highest BCUT2D eigenvalue weighted by molar-refractivity contribution is 7.80. The van der Waals surface area contributed by atoms with Gasteiger partial charge in [0.15, 0.2) is 5.11 Å². The average molecular weight is 574 g/mol. The van der Waals surface area contributed by atoms with E-state index in [1.807, 2.05) is 30.3 Å². The molecule has 3 heterocycles. The molecule has 0 radical (unpaired) electrons. The van der Waals surface area contributed by atoms with Gasteiger partial charge in [0.05, 0.1) is 28.5 Å². The van der Waals surface area contributed by atoms with Crippen molar-refractivity contribution in [3.05, 3.63) is 106 Å². The van der Waals surface area contributed by atoms with Crippen molar-refractivity contribution in [1.29, 1.82) is 0 Å². The first-order valence-corrected chi connectivity index (χ1v) is 13.8. The molecule has 1 amide bonds. The van der Waals surface area contributed by atoms with Crippen molar-refractivity contribution < 1.29 is 9.53 Å². The fraction of sp³-hybridized carbons (Fsp3) is 0.258. The van der Waals surface area contributed by atoms with E-state index in [1.54, 1.807) is 12.3 Å². The molecule has 0 spiro atoms. The van der Waals surface area contributed by atoms with Crippen LogP contribution in [0.5, 0.6) is 0 Å². The zero-order valence-electron chi connectivity index (χ0n) is 23.2. The summed E-state index contributed by atoms with van der Waals surface area (Å²) in [4.78, 5) is 18.9. The molecule has 1 saturated heterocycles. The number of aryl methyl sites for hydroxylation is 2. The number of carbonyl (C=O) groups excluding carboxylic acids is 1. The standard InChI is InChI=1S/C31H32ClN5O2S/c1-18-9-8-11-27(20(18)3)36-19(2)15-23(21(36)4)30-29(26-10-6-7-14-33-26)35-31(40)37(30)22-12-13-25(24(32)16-22)34-28(38)17-39-5/h6-16,29-30H,17H2,1-5H3,(H,34,38)(H,35,40). The third-order valence-electron chi connectivity index (χ3n) is 7.48. The Morgan fingerprint density at radius 1 is 1.10 bits per heavy atom. The number of halogens is 1. The number of thiocarbonyl (C=S) groups is 1. The number of hydrogen-bond acceptors (Lipinski definition) is 4. The number of nitrogens with zero attached hydrogens (tertiary/aromatic N) is 3. The summed E-state index contributed by atoms with van der Waals surface area (Å²) in [7, 11) is 1.47. The van der Waals surface area contributed by atoms with Gasteiger partial charge in [0.1, 0.15) is 6.61 Å². The minimum Gasteiger partial charge on any atom is -0.375 e. The fourth-order valence-electron chi connectivity index (χ4n) is 5.46. The van der Waals surface area contributed by atoms with E-state index >= 15 is 0 Å². The Kier molecular flexibility index (Phi) is 7.94. The number of rotatable bonds is 7. The van der Waals surface area contributed by atoms with E-state index in [1.165, 1.54) is 18.2 Å². The molecule has 40 heavy (non-hydrogen) atoms. The maximum Gasteiger partial charge on any atom is 0.250 e. The van der Waals surface area contributed by atoms with Gasteiger partial charge < -0.3 is 24.8 Å². The van der Waals surface area contributed by atoms with Crippen LogP contribution < -0.4 is 15.5 Å². The molecule has 4 aromatic rings. The van der Waals surface area contributed by atoms with Crippen molar-refractivity contribution in [2.75, 3.05) is 23.9 Å². The van der Waals surface area contributed by atoms with Crippen LogP contribution in [0.25, 0.3) is 5.69 Å². The SMILES string of the molecule is COCC(=O)Nc1ccc(N2C(=S)NC(c3ccccn3)C2c2cc(C)n(-c3cccc(C)c3C)c2C)cc1Cl. The van der Waals surface area contributed by atoms with Crippen molar-refractivity contribution in [3.8, 4) is 5.69 Å². The highest BCUT2D eigenvalue weighted by Crippen LogP contribution is 2.45. The lowest BCUT2D eigenvalue weighted by Crippen LogP contribution is -2.29. The largest absolute Gasteiger partial charge is 0.375 e. The first-order chi connectivity index (χ1) is 19.2. The van der Waals surface area contributed by atoms with Gasteiger partial charge in [-0.15, -0.1) is 0 Å². The molecule has 2 aromatic heterocycles. The Hall–Kier alpha value is -3.72. The summed E-state index contributed by atoms with van der Waals surface area (Å²) in [5.74, 6) is -0.275. The lowest BCUT2D eigenvalue weighted by molar-refractivity contribution is -0.119. The number of methoxy groups -OCH3 is 1. The van der Waals surface area contributed by atoms with Crippen LogP contribution in [0.1, 0.15) is 45.9 Å². The molecule has 1 fully saturated rings. The number of benzene rings is 2. The van der Waals surface area contributed by atoms with Gasteiger partial charge in [-0.25, -0.2) is 0 Å². The third kappa shape index (κ3) is 5.10. The number of carbonyl (C=O) groups is 1. The summed E-state index contributed by atoms with van der Waals surface area (Å²) in [6.07, 6.45) is 1.80. The van der Waals surface area contributed by atoms with E-state index < -0.39 is 0 Å². The average Bonchev–Trinajstić information content (AvgIpc) is 3.42. The number of anilines is 2. The highest BCUT2D eigenvalue weighted by atomic mass is 35.5. The predicted octanol–water partition coefficient (Wildman–Crippen LogP) is 6.52. The maximum absolute atomic E-state index is 12.1. The van der Waals surface area contributed by atoms with Crippen molar-refractivity contribution >= 4 is 46.2 Å². The molecule has 1 aliphatic rings. The molecule has 2 atom stereocenters. The zero-order chi connectivity index (χ0) is 28.6. The Balaban J connectivity index is 1.63. The lowest BCUT2D eigenvalue weighted by atomic mass is 9.96. The van der Waals surface area contributed by atoms with Crippen LogP contribution in [0.15, 0.2) is 66.9 Å². The molecule has 2 N–H and O–H groups in total. The quantitative estimate of drug-likeness (QED) is 0.245. The van der Waals surface area contributed by atoms with Gasteiger partial charge in [0.2, 0.25) is 5.91 Å². The van der Waals surface area contributed by atoms with E-state index in [0.29, 0.717) is 15.8 Å². The van der Waals surface area contributed by atoms with Crippen molar-refractivity contribution in [3.63, 3.8) is 0 Å². The van der Waals surface area contributed by atoms with Crippen LogP contribution in [0, 0.1) is 27.7 Å². The van der Waals surface area contributed by atoms with Crippen molar-refractivity contribution in [2.45, 2.75) is 39.8 Å². The fourth-order valence-corrected chi connectivity index (χ4v) is 6.03. The van der Waals surface area contributed by atoms with Gasteiger partial charge >= 0.3 is 0 Å². The molecule has 2 aromatic carbocycles. The van der Waals surface area contributed by atoms with Gasteiger partial charge in [-0.3, -0.25) is 9.78 Å². The Morgan fingerprint density at radius 2 is 1.90 bits per heavy atom. The Labute approximate surface area is 245 Å². The molecular weight excluding hydrogens is 542 g/mol. The third-order valence-corrected chi connectivity index (χ3v) is 8.11. The number of pyridine rings is 1. The van der Waals surface area contributed by atoms with Gasteiger partial charge in [-0.05, 0) is 99.1 Å². The van der Waals surface area contributed by atoms with E-state index in [2.05, 4.69) is 77.0 Å². The molecule has 206 valence electrons. The highest BCUT2D eigenvalue weighted by Gasteiger charge is 2.42. The number of amides is 1. The van der Waals surface area contributed by atoms with Gasteiger partial charge in [0.25, 0.3) is 0 Å². The second-order valence-electron chi connectivity index (χ2n) is 10.0. The van der Waals surface area contributed by atoms with Crippen LogP contribution >= 0.6 is 23.8 Å². The van der Waals surface area contributed by atoms with Crippen LogP contribution in [0.2, 0.25) is 5.02 Å². The summed E-state index contributed by atoms with van der Waals surface area (Å²) in [5, 5.41) is 7.29. The predicted molar refractivity (Wildman–Crippen MR) is 165 cm³/mol. The molecule has 1 aliphatic heterocycles. The topological polar surface area (TPSA) is 71.4 Å². The van der Waals surface area contributed by atoms with Crippen LogP contribution in [-0.4, -0.2) is 34.3 Å². The van der Waals surface area contributed by atoms with Crippen LogP contribution in [-0.2, 0) is 9.53 Å². The molecule has 2 unspecified atom stereocenters. The van der Waals surface area contributed by atoms with Crippen LogP contribution in [0.3, 0.4) is 0 Å². The summed E-state index contributed by atoms with van der Waals surface area (Å²) in [5.41, 5.74) is 9.26. The molecular formula is C31H32ClN5O2S. The molecule has 0 bridgehead atoms. The molecule has 7 nitrogen and oxygen atoms in total. The number of ether oxygens (including phenoxy) is 1. The van der Waals surface area contributed by atoms with Crippen molar-refractivity contribution in [2.24, 2.45) is 0 Å². The molecule has 0 saturated carbocycles. The van der Waals surface area contributed by atoms with E-state index in [-0.39, 0.29) is 24.6 Å². The monoisotopic (exact) mass is 573 g/mol. The van der Waals surface area contributed by atoms with E-state index in [0.717, 1.165) is 34.0 Å². The molecule has 0 aliphatic carbocycles. The van der Waals surface area contributed by atoms with Gasteiger partial charge in [-0.1, -0.05) is 29.8 Å². The molecule has 5 rings (SSSR count). The second-order valence-corrected chi connectivity index (χ2v) is 10.8. The van der Waals surface area contributed by atoms with Gasteiger partial charge in [0, 0.05) is 36.1 Å². The zero-order valence-corrected chi connectivity index (χ0v) is 24.7. The summed E-state index contributed by atoms with van der Waals surface area (Å²) in [6, 6.07) is 19.7. The Bertz CT molecular complexity index is 1590. The Morgan fingerprint density at radius 3 is 2.60 bits per heavy atom. The van der Waals surface area contributed by atoms with E-state index in [4.69, 9.17) is 28.6 Å². The van der Waals surface area contributed by atoms with Crippen molar-refractivity contribution in [1.82, 2.24) is 14.9 Å². The summed E-state index contributed by atoms with van der Waals surface area (Å²) < 4.78 is 7.24. The maximum atomic E-state index is 12.1. The first-order valence-electron chi connectivity index (χ1n) is 13.1. The summed E-state index contributed by atoms with van der Waals surface area (Å²) >= 11 is 12.6. The number of aromatic nitrogens is 2. The van der Waals surface area contributed by atoms with E-state index in [9.17, 15) is 4.79 Å².